The Hall–Kier alpha value is -2.02. The molecule has 1 aliphatic heterocycles. The van der Waals surface area contributed by atoms with E-state index in [1.54, 1.807) is 0 Å². The quantitative estimate of drug-likeness (QED) is 0.868. The van der Waals surface area contributed by atoms with Crippen LogP contribution >= 0.6 is 0 Å². The Labute approximate surface area is 132 Å². The summed E-state index contributed by atoms with van der Waals surface area (Å²) >= 11 is 0. The van der Waals surface area contributed by atoms with E-state index in [-0.39, 0.29) is 29.5 Å². The molecule has 2 fully saturated rings. The zero-order valence-electron chi connectivity index (χ0n) is 12.5. The van der Waals surface area contributed by atoms with Crippen LogP contribution in [0.3, 0.4) is 0 Å². The molecule has 3 rings (SSSR count). The van der Waals surface area contributed by atoms with E-state index in [1.807, 2.05) is 0 Å². The number of carbonyl (C=O) groups excluding carboxylic acids is 2. The SMILES string of the molecule is O=C(NCC1CCCO1)C1CC1C(=O)Nc1ccc(F)c(F)c1. The van der Waals surface area contributed by atoms with Gasteiger partial charge in [-0.25, -0.2) is 8.78 Å². The van der Waals surface area contributed by atoms with Gasteiger partial charge in [-0.05, 0) is 31.4 Å². The van der Waals surface area contributed by atoms with Crippen molar-refractivity contribution in [2.24, 2.45) is 11.8 Å². The molecule has 3 unspecified atom stereocenters. The minimum Gasteiger partial charge on any atom is -0.376 e. The highest BCUT2D eigenvalue weighted by Gasteiger charge is 2.48. The molecule has 1 saturated heterocycles. The van der Waals surface area contributed by atoms with Crippen LogP contribution in [0.25, 0.3) is 0 Å². The normalized spacial score (nSPS) is 25.9. The molecule has 3 atom stereocenters. The van der Waals surface area contributed by atoms with Crippen LogP contribution in [-0.4, -0.2) is 31.1 Å². The Morgan fingerprint density at radius 2 is 1.96 bits per heavy atom. The topological polar surface area (TPSA) is 67.4 Å². The van der Waals surface area contributed by atoms with Gasteiger partial charge in [0.1, 0.15) is 0 Å². The first-order valence-corrected chi connectivity index (χ1v) is 7.70. The second-order valence-corrected chi connectivity index (χ2v) is 5.95. The minimum absolute atomic E-state index is 0.0622. The number of ether oxygens (including phenoxy) is 1. The van der Waals surface area contributed by atoms with Crippen LogP contribution in [0.15, 0.2) is 18.2 Å². The van der Waals surface area contributed by atoms with Crippen LogP contribution < -0.4 is 10.6 Å². The number of nitrogens with one attached hydrogen (secondary N) is 2. The Kier molecular flexibility index (Phi) is 4.56. The third kappa shape index (κ3) is 3.85. The monoisotopic (exact) mass is 324 g/mol. The summed E-state index contributed by atoms with van der Waals surface area (Å²) in [7, 11) is 0. The first-order chi connectivity index (χ1) is 11.0. The summed E-state index contributed by atoms with van der Waals surface area (Å²) in [5, 5.41) is 5.30. The van der Waals surface area contributed by atoms with Crippen LogP contribution in [0.1, 0.15) is 19.3 Å². The maximum atomic E-state index is 13.1. The molecule has 1 aromatic rings. The van der Waals surface area contributed by atoms with Gasteiger partial charge in [-0.15, -0.1) is 0 Å². The summed E-state index contributed by atoms with van der Waals surface area (Å²) in [6, 6.07) is 3.15. The maximum Gasteiger partial charge on any atom is 0.228 e. The third-order valence-corrected chi connectivity index (χ3v) is 4.18. The highest BCUT2D eigenvalue weighted by molar-refractivity contribution is 5.99. The number of carbonyl (C=O) groups is 2. The summed E-state index contributed by atoms with van der Waals surface area (Å²) in [4.78, 5) is 24.0. The van der Waals surface area contributed by atoms with Crippen LogP contribution in [0.2, 0.25) is 0 Å². The highest BCUT2D eigenvalue weighted by Crippen LogP contribution is 2.39. The summed E-state index contributed by atoms with van der Waals surface area (Å²) < 4.78 is 31.4. The molecule has 7 heteroatoms. The van der Waals surface area contributed by atoms with E-state index in [2.05, 4.69) is 10.6 Å². The van der Waals surface area contributed by atoms with E-state index in [0.29, 0.717) is 13.0 Å². The Bertz CT molecular complexity index is 617. The standard InChI is InChI=1S/C16H18F2N2O3/c17-13-4-3-9(6-14(13)18)20-16(22)12-7-11(12)15(21)19-8-10-2-1-5-23-10/h3-4,6,10-12H,1-2,5,7-8H2,(H,19,21)(H,20,22). The number of halogens is 2. The van der Waals surface area contributed by atoms with Crippen molar-refractivity contribution in [2.75, 3.05) is 18.5 Å². The molecule has 23 heavy (non-hydrogen) atoms. The van der Waals surface area contributed by atoms with E-state index in [0.717, 1.165) is 31.6 Å². The summed E-state index contributed by atoms with van der Waals surface area (Å²) in [5.74, 6) is -3.29. The Balaban J connectivity index is 1.46. The fraction of sp³-hybridized carbons (Fsp3) is 0.500. The number of hydrogen-bond acceptors (Lipinski definition) is 3. The lowest BCUT2D eigenvalue weighted by atomic mass is 10.2. The van der Waals surface area contributed by atoms with Crippen LogP contribution in [-0.2, 0) is 14.3 Å². The number of benzene rings is 1. The van der Waals surface area contributed by atoms with E-state index in [9.17, 15) is 18.4 Å². The average Bonchev–Trinajstić information content (AvgIpc) is 3.17. The van der Waals surface area contributed by atoms with E-state index in [1.165, 1.54) is 6.07 Å². The van der Waals surface area contributed by atoms with Gasteiger partial charge in [-0.2, -0.15) is 0 Å². The molecule has 5 nitrogen and oxygen atoms in total. The zero-order chi connectivity index (χ0) is 16.4. The molecule has 1 aromatic carbocycles. The Morgan fingerprint density at radius 3 is 2.65 bits per heavy atom. The molecule has 0 radical (unpaired) electrons. The van der Waals surface area contributed by atoms with Gasteiger partial charge in [0.2, 0.25) is 11.8 Å². The van der Waals surface area contributed by atoms with Crippen molar-refractivity contribution in [3.63, 3.8) is 0 Å². The van der Waals surface area contributed by atoms with Crippen LogP contribution in [0, 0.1) is 23.5 Å². The molecular weight excluding hydrogens is 306 g/mol. The molecule has 2 N–H and O–H groups in total. The van der Waals surface area contributed by atoms with Crippen molar-refractivity contribution < 1.29 is 23.1 Å². The Morgan fingerprint density at radius 1 is 1.17 bits per heavy atom. The first kappa shape index (κ1) is 15.9. The molecule has 1 saturated carbocycles. The summed E-state index contributed by atoms with van der Waals surface area (Å²) in [6.45, 7) is 1.19. The van der Waals surface area contributed by atoms with E-state index >= 15 is 0 Å². The predicted molar refractivity (Wildman–Crippen MR) is 78.6 cm³/mol. The molecule has 1 aliphatic carbocycles. The molecule has 124 valence electrons. The van der Waals surface area contributed by atoms with Crippen LogP contribution in [0.4, 0.5) is 14.5 Å². The lowest BCUT2D eigenvalue weighted by molar-refractivity contribution is -0.125. The second-order valence-electron chi connectivity index (χ2n) is 5.95. The van der Waals surface area contributed by atoms with Crippen molar-refractivity contribution in [1.82, 2.24) is 5.32 Å². The first-order valence-electron chi connectivity index (χ1n) is 7.70. The second kappa shape index (κ2) is 6.62. The van der Waals surface area contributed by atoms with Gasteiger partial charge in [0.15, 0.2) is 11.6 Å². The largest absolute Gasteiger partial charge is 0.376 e. The number of rotatable bonds is 5. The predicted octanol–water partition coefficient (Wildman–Crippen LogP) is 1.83. The fourth-order valence-corrected chi connectivity index (χ4v) is 2.73. The van der Waals surface area contributed by atoms with Crippen molar-refractivity contribution in [3.8, 4) is 0 Å². The van der Waals surface area contributed by atoms with Gasteiger partial charge in [0.25, 0.3) is 0 Å². The van der Waals surface area contributed by atoms with Gasteiger partial charge < -0.3 is 15.4 Å². The van der Waals surface area contributed by atoms with Crippen molar-refractivity contribution in [2.45, 2.75) is 25.4 Å². The van der Waals surface area contributed by atoms with Gasteiger partial charge in [0.05, 0.1) is 17.9 Å². The lowest BCUT2D eigenvalue weighted by Crippen LogP contribution is -2.33. The third-order valence-electron chi connectivity index (χ3n) is 4.18. The molecule has 0 bridgehead atoms. The molecule has 2 aliphatic rings. The number of hydrogen-bond donors (Lipinski definition) is 2. The zero-order valence-corrected chi connectivity index (χ0v) is 12.5. The van der Waals surface area contributed by atoms with E-state index in [4.69, 9.17) is 4.74 Å². The average molecular weight is 324 g/mol. The van der Waals surface area contributed by atoms with Crippen LogP contribution in [0.5, 0.6) is 0 Å². The van der Waals surface area contributed by atoms with Gasteiger partial charge >= 0.3 is 0 Å². The van der Waals surface area contributed by atoms with Gasteiger partial charge in [-0.1, -0.05) is 0 Å². The van der Waals surface area contributed by atoms with Gasteiger partial charge in [0, 0.05) is 24.9 Å². The maximum absolute atomic E-state index is 13.1. The number of amides is 2. The van der Waals surface area contributed by atoms with E-state index < -0.39 is 17.6 Å². The summed E-state index contributed by atoms with van der Waals surface area (Å²) in [6.07, 6.45) is 2.47. The van der Waals surface area contributed by atoms with Crippen molar-refractivity contribution in [3.05, 3.63) is 29.8 Å². The number of anilines is 1. The smallest absolute Gasteiger partial charge is 0.228 e. The fourth-order valence-electron chi connectivity index (χ4n) is 2.73. The molecule has 2 amide bonds. The summed E-state index contributed by atoms with van der Waals surface area (Å²) in [5.41, 5.74) is 0.180. The molecular formula is C16H18F2N2O3. The molecule has 1 heterocycles. The highest BCUT2D eigenvalue weighted by atomic mass is 19.2. The molecule has 0 aromatic heterocycles. The van der Waals surface area contributed by atoms with Gasteiger partial charge in [-0.3, -0.25) is 9.59 Å². The van der Waals surface area contributed by atoms with Crippen molar-refractivity contribution in [1.29, 1.82) is 0 Å². The minimum atomic E-state index is -1.02. The molecule has 0 spiro atoms. The lowest BCUT2D eigenvalue weighted by Gasteiger charge is -2.10. The van der Waals surface area contributed by atoms with Crippen molar-refractivity contribution >= 4 is 17.5 Å².